The van der Waals surface area contributed by atoms with Gasteiger partial charge in [-0.3, -0.25) is 19.7 Å². The van der Waals surface area contributed by atoms with Crippen molar-refractivity contribution >= 4 is 46.7 Å². The molecule has 1 unspecified atom stereocenters. The van der Waals surface area contributed by atoms with Crippen LogP contribution >= 0.6 is 23.5 Å². The summed E-state index contributed by atoms with van der Waals surface area (Å²) in [6.07, 6.45) is 4.32. The fraction of sp³-hybridized carbons (Fsp3) is 0.263. The Morgan fingerprint density at radius 1 is 1.14 bits per heavy atom. The Kier molecular flexibility index (Phi) is 8.34. The quantitative estimate of drug-likeness (QED) is 0.364. The molecule has 0 spiro atoms. The number of carbonyl (C=O) groups is 2. The SMILES string of the molecule is CSCCC(NC(=O)c1cccc([N+](=O)[O-])c1)C(=O)Nc1ccc(SC)cc1. The molecule has 0 heterocycles. The molecule has 28 heavy (non-hydrogen) atoms. The van der Waals surface area contributed by atoms with Crippen LogP contribution in [0.4, 0.5) is 11.4 Å². The second-order valence-electron chi connectivity index (χ2n) is 5.83. The highest BCUT2D eigenvalue weighted by molar-refractivity contribution is 7.98. The average Bonchev–Trinajstić information content (AvgIpc) is 2.71. The maximum absolute atomic E-state index is 12.7. The number of thioether (sulfide) groups is 2. The minimum absolute atomic E-state index is 0.139. The van der Waals surface area contributed by atoms with Gasteiger partial charge in [0.05, 0.1) is 4.92 Å². The van der Waals surface area contributed by atoms with Gasteiger partial charge in [0.1, 0.15) is 6.04 Å². The smallest absolute Gasteiger partial charge is 0.270 e. The number of hydrogen-bond donors (Lipinski definition) is 2. The molecule has 7 nitrogen and oxygen atoms in total. The molecule has 2 aromatic carbocycles. The minimum Gasteiger partial charge on any atom is -0.340 e. The van der Waals surface area contributed by atoms with E-state index < -0.39 is 16.9 Å². The Balaban J connectivity index is 2.10. The van der Waals surface area contributed by atoms with E-state index in [0.29, 0.717) is 17.9 Å². The number of rotatable bonds is 9. The van der Waals surface area contributed by atoms with E-state index in [9.17, 15) is 19.7 Å². The molecule has 0 fully saturated rings. The molecular weight excluding hydrogens is 398 g/mol. The van der Waals surface area contributed by atoms with Gasteiger partial charge in [0.25, 0.3) is 11.6 Å². The van der Waals surface area contributed by atoms with Crippen molar-refractivity contribution in [3.63, 3.8) is 0 Å². The van der Waals surface area contributed by atoms with E-state index in [1.165, 1.54) is 24.3 Å². The molecular formula is C19H21N3O4S2. The molecule has 0 bridgehead atoms. The highest BCUT2D eigenvalue weighted by Gasteiger charge is 2.22. The predicted molar refractivity (Wildman–Crippen MR) is 114 cm³/mol. The van der Waals surface area contributed by atoms with Crippen LogP contribution in [0.3, 0.4) is 0 Å². The zero-order valence-corrected chi connectivity index (χ0v) is 17.1. The number of nitro groups is 1. The molecule has 2 rings (SSSR count). The van der Waals surface area contributed by atoms with Crippen LogP contribution in [0.1, 0.15) is 16.8 Å². The maximum atomic E-state index is 12.7. The van der Waals surface area contributed by atoms with E-state index in [4.69, 9.17) is 0 Å². The van der Waals surface area contributed by atoms with Crippen LogP contribution in [0.15, 0.2) is 53.4 Å². The van der Waals surface area contributed by atoms with Crippen molar-refractivity contribution in [2.75, 3.05) is 23.6 Å². The molecule has 0 aromatic heterocycles. The third-order valence-electron chi connectivity index (χ3n) is 3.91. The molecule has 0 saturated heterocycles. The molecule has 0 aliphatic rings. The summed E-state index contributed by atoms with van der Waals surface area (Å²) in [5.74, 6) is -0.175. The zero-order valence-electron chi connectivity index (χ0n) is 15.5. The Morgan fingerprint density at radius 2 is 1.86 bits per heavy atom. The van der Waals surface area contributed by atoms with E-state index in [1.54, 1.807) is 35.7 Å². The lowest BCUT2D eigenvalue weighted by atomic mass is 10.1. The van der Waals surface area contributed by atoms with Gasteiger partial charge in [-0.25, -0.2) is 0 Å². The molecule has 0 aliphatic carbocycles. The molecule has 2 amide bonds. The second-order valence-corrected chi connectivity index (χ2v) is 7.70. The Hall–Kier alpha value is -2.52. The summed E-state index contributed by atoms with van der Waals surface area (Å²) in [7, 11) is 0. The van der Waals surface area contributed by atoms with Crippen LogP contribution in [0.5, 0.6) is 0 Å². The van der Waals surface area contributed by atoms with Crippen LogP contribution in [-0.4, -0.2) is 41.0 Å². The summed E-state index contributed by atoms with van der Waals surface area (Å²) in [5.41, 5.74) is 0.605. The standard InChI is InChI=1S/C19H21N3O4S2/c1-27-11-10-17(19(24)20-14-6-8-16(28-2)9-7-14)21-18(23)13-4-3-5-15(12-13)22(25)26/h3-9,12,17H,10-11H2,1-2H3,(H,20,24)(H,21,23). The van der Waals surface area contributed by atoms with Crippen molar-refractivity contribution in [3.8, 4) is 0 Å². The number of benzene rings is 2. The molecule has 0 aliphatic heterocycles. The lowest BCUT2D eigenvalue weighted by Gasteiger charge is -2.18. The molecule has 148 valence electrons. The normalized spacial score (nSPS) is 11.5. The Bertz CT molecular complexity index is 843. The van der Waals surface area contributed by atoms with E-state index in [0.717, 1.165) is 4.90 Å². The first-order valence-electron chi connectivity index (χ1n) is 8.43. The first-order chi connectivity index (χ1) is 13.4. The van der Waals surface area contributed by atoms with Crippen molar-refractivity contribution < 1.29 is 14.5 Å². The van der Waals surface area contributed by atoms with Crippen LogP contribution < -0.4 is 10.6 Å². The molecule has 0 radical (unpaired) electrons. The van der Waals surface area contributed by atoms with Gasteiger partial charge < -0.3 is 10.6 Å². The summed E-state index contributed by atoms with van der Waals surface area (Å²) in [6, 6.07) is 12.1. The van der Waals surface area contributed by atoms with Crippen molar-refractivity contribution in [2.24, 2.45) is 0 Å². The number of nitrogens with zero attached hydrogens (tertiary/aromatic N) is 1. The summed E-state index contributed by atoms with van der Waals surface area (Å²) in [4.78, 5) is 36.6. The van der Waals surface area contributed by atoms with E-state index in [2.05, 4.69) is 10.6 Å². The van der Waals surface area contributed by atoms with Crippen molar-refractivity contribution in [1.82, 2.24) is 5.32 Å². The Morgan fingerprint density at radius 3 is 2.46 bits per heavy atom. The number of nitrogens with one attached hydrogen (secondary N) is 2. The van der Waals surface area contributed by atoms with E-state index >= 15 is 0 Å². The summed E-state index contributed by atoms with van der Waals surface area (Å²) >= 11 is 3.17. The summed E-state index contributed by atoms with van der Waals surface area (Å²) in [6.45, 7) is 0. The topological polar surface area (TPSA) is 101 Å². The van der Waals surface area contributed by atoms with Crippen molar-refractivity contribution in [3.05, 3.63) is 64.2 Å². The van der Waals surface area contributed by atoms with Gasteiger partial charge in [-0.05, 0) is 55.0 Å². The number of anilines is 1. The summed E-state index contributed by atoms with van der Waals surface area (Å²) < 4.78 is 0. The number of amides is 2. The van der Waals surface area contributed by atoms with Gasteiger partial charge in [-0.15, -0.1) is 11.8 Å². The average molecular weight is 420 g/mol. The molecule has 0 saturated carbocycles. The molecule has 9 heteroatoms. The van der Waals surface area contributed by atoms with E-state index in [-0.39, 0.29) is 17.2 Å². The van der Waals surface area contributed by atoms with Gasteiger partial charge in [-0.1, -0.05) is 6.07 Å². The van der Waals surface area contributed by atoms with Crippen LogP contribution in [0.25, 0.3) is 0 Å². The first kappa shape index (κ1) is 21.8. The minimum atomic E-state index is -0.751. The van der Waals surface area contributed by atoms with Gasteiger partial charge in [0, 0.05) is 28.3 Å². The van der Waals surface area contributed by atoms with Crippen molar-refractivity contribution in [1.29, 1.82) is 0 Å². The number of non-ortho nitro benzene ring substituents is 1. The third-order valence-corrected chi connectivity index (χ3v) is 5.30. The van der Waals surface area contributed by atoms with Gasteiger partial charge in [0.2, 0.25) is 5.91 Å². The van der Waals surface area contributed by atoms with E-state index in [1.807, 2.05) is 24.6 Å². The highest BCUT2D eigenvalue weighted by Crippen LogP contribution is 2.18. The number of hydrogen-bond acceptors (Lipinski definition) is 6. The van der Waals surface area contributed by atoms with Gasteiger partial charge in [-0.2, -0.15) is 11.8 Å². The Labute approximate surface area is 171 Å². The number of nitro benzene ring substituents is 1. The first-order valence-corrected chi connectivity index (χ1v) is 11.1. The fourth-order valence-electron chi connectivity index (χ4n) is 2.41. The summed E-state index contributed by atoms with van der Waals surface area (Å²) in [5, 5.41) is 16.4. The predicted octanol–water partition coefficient (Wildman–Crippen LogP) is 3.81. The highest BCUT2D eigenvalue weighted by atomic mass is 32.2. The van der Waals surface area contributed by atoms with Crippen molar-refractivity contribution in [2.45, 2.75) is 17.4 Å². The lowest BCUT2D eigenvalue weighted by molar-refractivity contribution is -0.384. The molecule has 2 N–H and O–H groups in total. The number of carbonyl (C=O) groups excluding carboxylic acids is 2. The van der Waals surface area contributed by atoms with Crippen LogP contribution in [-0.2, 0) is 4.79 Å². The van der Waals surface area contributed by atoms with Gasteiger partial charge >= 0.3 is 0 Å². The van der Waals surface area contributed by atoms with Crippen LogP contribution in [0, 0.1) is 10.1 Å². The largest absolute Gasteiger partial charge is 0.340 e. The molecule has 2 aromatic rings. The second kappa shape index (κ2) is 10.7. The van der Waals surface area contributed by atoms with Gasteiger partial charge in [0.15, 0.2) is 0 Å². The monoisotopic (exact) mass is 419 g/mol. The fourth-order valence-corrected chi connectivity index (χ4v) is 3.29. The molecule has 1 atom stereocenters. The maximum Gasteiger partial charge on any atom is 0.270 e. The third kappa shape index (κ3) is 6.28. The van der Waals surface area contributed by atoms with Crippen LogP contribution in [0.2, 0.25) is 0 Å². The zero-order chi connectivity index (χ0) is 20.5. The lowest BCUT2D eigenvalue weighted by Crippen LogP contribution is -2.44.